The summed E-state index contributed by atoms with van der Waals surface area (Å²) >= 11 is 0. The van der Waals surface area contributed by atoms with Gasteiger partial charge in [0.05, 0.1) is 18.8 Å². The number of hydrogen-bond acceptors (Lipinski definition) is 13. The summed E-state index contributed by atoms with van der Waals surface area (Å²) in [7, 11) is 1.12. The zero-order chi connectivity index (χ0) is 26.4. The summed E-state index contributed by atoms with van der Waals surface area (Å²) in [6.07, 6.45) is -13.1. The Labute approximate surface area is 199 Å². The number of ether oxygens (including phenoxy) is 4. The van der Waals surface area contributed by atoms with E-state index in [1.165, 1.54) is 6.92 Å². The van der Waals surface area contributed by atoms with Gasteiger partial charge in [-0.3, -0.25) is 35.5 Å². The molecule has 10 N–H and O–H groups in total. The lowest BCUT2D eigenvalue weighted by atomic mass is 9.92. The standard InChI is InChI=1S/C18H31N5O12/c1-5-8(20-6(2)25)12(9(26)7(4-24)33-5)34-18-11(28)10(27)13(32-3)14(35-18)15(29)22-23-17(31)16(30)21-19/h5,7-14,18,24,26-28H,4,19H2,1-3H3,(H,20,25)(H,21,30)(H,22,29)(H,23,31). The molecule has 200 valence electrons. The van der Waals surface area contributed by atoms with Gasteiger partial charge in [0.25, 0.3) is 5.91 Å². The molecule has 0 saturated carbocycles. The van der Waals surface area contributed by atoms with Crippen molar-refractivity contribution in [1.29, 1.82) is 0 Å². The minimum Gasteiger partial charge on any atom is -0.394 e. The van der Waals surface area contributed by atoms with Gasteiger partial charge in [0.2, 0.25) is 5.91 Å². The summed E-state index contributed by atoms with van der Waals surface area (Å²) in [5.74, 6) is 0.657. The molecule has 4 amide bonds. The van der Waals surface area contributed by atoms with Crippen molar-refractivity contribution < 1.29 is 58.6 Å². The van der Waals surface area contributed by atoms with Gasteiger partial charge < -0.3 is 44.7 Å². The minimum atomic E-state index is -1.79. The maximum Gasteiger partial charge on any atom is 0.329 e. The van der Waals surface area contributed by atoms with E-state index in [9.17, 15) is 39.6 Å². The molecule has 0 spiro atoms. The average molecular weight is 509 g/mol. The van der Waals surface area contributed by atoms with E-state index < -0.39 is 91.4 Å². The zero-order valence-electron chi connectivity index (χ0n) is 19.1. The van der Waals surface area contributed by atoms with Gasteiger partial charge in [0.15, 0.2) is 12.4 Å². The number of aliphatic hydroxyl groups excluding tert-OH is 4. The van der Waals surface area contributed by atoms with Gasteiger partial charge in [-0.2, -0.15) is 0 Å². The third kappa shape index (κ3) is 6.60. The number of amides is 4. The van der Waals surface area contributed by atoms with Crippen LogP contribution in [0.1, 0.15) is 13.8 Å². The first-order valence-corrected chi connectivity index (χ1v) is 10.5. The number of nitrogens with two attached hydrogens (primary N) is 1. The van der Waals surface area contributed by atoms with Crippen LogP contribution >= 0.6 is 0 Å². The second-order valence-electron chi connectivity index (χ2n) is 7.90. The Bertz CT molecular complexity index is 787. The third-order valence-electron chi connectivity index (χ3n) is 5.52. The van der Waals surface area contributed by atoms with Crippen LogP contribution in [0.4, 0.5) is 0 Å². The van der Waals surface area contributed by atoms with E-state index in [0.29, 0.717) is 0 Å². The molecule has 2 rings (SSSR count). The highest BCUT2D eigenvalue weighted by molar-refractivity contribution is 6.34. The Balaban J connectivity index is 2.24. The highest BCUT2D eigenvalue weighted by Crippen LogP contribution is 2.30. The first-order valence-electron chi connectivity index (χ1n) is 10.5. The summed E-state index contributed by atoms with van der Waals surface area (Å²) in [5.41, 5.74) is 5.21. The summed E-state index contributed by atoms with van der Waals surface area (Å²) in [6, 6.07) is -0.972. The highest BCUT2D eigenvalue weighted by Gasteiger charge is 2.52. The average Bonchev–Trinajstić information content (AvgIpc) is 2.83. The Kier molecular flexibility index (Phi) is 10.2. The number of carbonyl (C=O) groups excluding carboxylic acids is 4. The summed E-state index contributed by atoms with van der Waals surface area (Å²) in [4.78, 5) is 47.0. The van der Waals surface area contributed by atoms with E-state index in [4.69, 9.17) is 24.8 Å². The lowest BCUT2D eigenvalue weighted by molar-refractivity contribution is -0.325. The van der Waals surface area contributed by atoms with Crippen LogP contribution in [0, 0.1) is 0 Å². The maximum absolute atomic E-state index is 12.6. The lowest BCUT2D eigenvalue weighted by Crippen LogP contribution is -2.68. The van der Waals surface area contributed by atoms with Crippen LogP contribution < -0.4 is 27.4 Å². The van der Waals surface area contributed by atoms with Crippen LogP contribution in [0.3, 0.4) is 0 Å². The molecule has 0 radical (unpaired) electrons. The van der Waals surface area contributed by atoms with Crippen LogP contribution in [0.2, 0.25) is 0 Å². The Morgan fingerprint density at radius 1 is 0.971 bits per heavy atom. The van der Waals surface area contributed by atoms with E-state index in [1.807, 2.05) is 5.43 Å². The Morgan fingerprint density at radius 2 is 1.63 bits per heavy atom. The maximum atomic E-state index is 12.6. The lowest BCUT2D eigenvalue weighted by Gasteiger charge is -2.47. The number of hydrogen-bond donors (Lipinski definition) is 9. The van der Waals surface area contributed by atoms with Crippen molar-refractivity contribution in [1.82, 2.24) is 21.6 Å². The molecular weight excluding hydrogens is 478 g/mol. The molecule has 0 aromatic rings. The van der Waals surface area contributed by atoms with E-state index >= 15 is 0 Å². The second-order valence-corrected chi connectivity index (χ2v) is 7.90. The molecule has 2 fully saturated rings. The molecule has 17 nitrogen and oxygen atoms in total. The first kappa shape index (κ1) is 28.8. The normalized spacial score (nSPS) is 37.1. The Hall–Kier alpha value is -2.48. The van der Waals surface area contributed by atoms with E-state index in [0.717, 1.165) is 7.11 Å². The van der Waals surface area contributed by atoms with E-state index in [2.05, 4.69) is 5.32 Å². The molecule has 2 aliphatic heterocycles. The zero-order valence-corrected chi connectivity index (χ0v) is 19.1. The summed E-state index contributed by atoms with van der Waals surface area (Å²) < 4.78 is 21.7. The molecule has 17 heteroatoms. The fraction of sp³-hybridized carbons (Fsp3) is 0.778. The first-order chi connectivity index (χ1) is 16.5. The third-order valence-corrected chi connectivity index (χ3v) is 5.52. The molecule has 10 unspecified atom stereocenters. The SMILES string of the molecule is COC1C(C(=O)NNC(=O)C(=O)NN)OC(OC2C(O)C(CO)OC(C)C2NC(C)=O)C(O)C1O. The predicted octanol–water partition coefficient (Wildman–Crippen LogP) is -6.38. The largest absolute Gasteiger partial charge is 0.394 e. The molecule has 0 bridgehead atoms. The summed E-state index contributed by atoms with van der Waals surface area (Å²) in [5, 5.41) is 43.8. The van der Waals surface area contributed by atoms with Gasteiger partial charge >= 0.3 is 11.8 Å². The van der Waals surface area contributed by atoms with Gasteiger partial charge in [-0.05, 0) is 6.92 Å². The van der Waals surface area contributed by atoms with Crippen molar-refractivity contribution in [2.75, 3.05) is 13.7 Å². The number of nitrogens with one attached hydrogen (secondary N) is 4. The van der Waals surface area contributed by atoms with Crippen LogP contribution in [0.5, 0.6) is 0 Å². The van der Waals surface area contributed by atoms with Crippen LogP contribution in [-0.2, 0) is 38.1 Å². The second kappa shape index (κ2) is 12.5. The number of hydrazine groups is 2. The molecule has 35 heavy (non-hydrogen) atoms. The number of aliphatic hydroxyl groups is 4. The smallest absolute Gasteiger partial charge is 0.329 e. The number of carbonyl (C=O) groups is 4. The minimum absolute atomic E-state index is 0.493. The molecule has 2 aliphatic rings. The van der Waals surface area contributed by atoms with Gasteiger partial charge in [-0.15, -0.1) is 0 Å². The van der Waals surface area contributed by atoms with E-state index in [-0.39, 0.29) is 0 Å². The molecule has 10 atom stereocenters. The van der Waals surface area contributed by atoms with Gasteiger partial charge in [0, 0.05) is 14.0 Å². The van der Waals surface area contributed by atoms with E-state index in [1.54, 1.807) is 17.8 Å². The van der Waals surface area contributed by atoms with Crippen molar-refractivity contribution in [3.8, 4) is 0 Å². The Morgan fingerprint density at radius 3 is 2.17 bits per heavy atom. The molecular formula is C18H31N5O12. The fourth-order valence-electron chi connectivity index (χ4n) is 3.77. The molecule has 0 aliphatic carbocycles. The van der Waals surface area contributed by atoms with Crippen LogP contribution in [-0.4, -0.2) is 119 Å². The molecule has 0 aromatic carbocycles. The number of methoxy groups -OCH3 is 1. The quantitative estimate of drug-likeness (QED) is 0.0699. The van der Waals surface area contributed by atoms with Gasteiger partial charge in [-0.1, -0.05) is 0 Å². The monoisotopic (exact) mass is 509 g/mol. The number of rotatable bonds is 6. The predicted molar refractivity (Wildman–Crippen MR) is 110 cm³/mol. The van der Waals surface area contributed by atoms with Gasteiger partial charge in [0.1, 0.15) is 36.6 Å². The van der Waals surface area contributed by atoms with Crippen LogP contribution in [0.25, 0.3) is 0 Å². The summed E-state index contributed by atoms with van der Waals surface area (Å²) in [6.45, 7) is 2.17. The van der Waals surface area contributed by atoms with Crippen LogP contribution in [0.15, 0.2) is 0 Å². The topological polar surface area (TPSA) is 260 Å². The molecule has 2 saturated heterocycles. The van der Waals surface area contributed by atoms with Crippen molar-refractivity contribution in [3.63, 3.8) is 0 Å². The molecule has 0 aromatic heterocycles. The molecule has 2 heterocycles. The van der Waals surface area contributed by atoms with Crippen molar-refractivity contribution in [3.05, 3.63) is 0 Å². The fourth-order valence-corrected chi connectivity index (χ4v) is 3.77. The highest BCUT2D eigenvalue weighted by atomic mass is 16.7. The van der Waals surface area contributed by atoms with Crippen molar-refractivity contribution in [2.24, 2.45) is 5.84 Å². The van der Waals surface area contributed by atoms with Gasteiger partial charge in [-0.25, -0.2) is 5.84 Å². The van der Waals surface area contributed by atoms with Crippen molar-refractivity contribution >= 4 is 23.6 Å². The van der Waals surface area contributed by atoms with Crippen molar-refractivity contribution in [2.45, 2.75) is 75.0 Å².